The maximum Gasteiger partial charge on any atom is 0.338 e. The summed E-state index contributed by atoms with van der Waals surface area (Å²) in [6.45, 7) is 1.98. The molecule has 0 atom stereocenters. The van der Waals surface area contributed by atoms with Crippen LogP contribution in [0.5, 0.6) is 0 Å². The minimum Gasteiger partial charge on any atom is -0.455 e. The number of hydrogen-bond acceptors (Lipinski definition) is 2. The largest absolute Gasteiger partial charge is 0.455 e. The summed E-state index contributed by atoms with van der Waals surface area (Å²) in [6, 6.07) is 7.76. The number of rotatable bonds is 2. The molecule has 0 amide bonds. The van der Waals surface area contributed by atoms with Gasteiger partial charge in [0.05, 0.1) is 5.56 Å². The molecule has 1 aromatic rings. The Morgan fingerprint density at radius 2 is 1.60 bits per heavy atom. The van der Waals surface area contributed by atoms with E-state index >= 15 is 0 Å². The van der Waals surface area contributed by atoms with E-state index in [1.165, 1.54) is 19.3 Å². The van der Waals surface area contributed by atoms with E-state index in [1.54, 1.807) is 0 Å². The molecule has 0 saturated heterocycles. The van der Waals surface area contributed by atoms with E-state index < -0.39 is 0 Å². The Morgan fingerprint density at radius 3 is 2.15 bits per heavy atom. The fourth-order valence-electron chi connectivity index (χ4n) is 5.21. The van der Waals surface area contributed by atoms with Gasteiger partial charge in [0.25, 0.3) is 0 Å². The van der Waals surface area contributed by atoms with E-state index in [4.69, 9.17) is 4.74 Å². The van der Waals surface area contributed by atoms with Gasteiger partial charge in [-0.1, -0.05) is 18.2 Å². The number of carbonyl (C=O) groups excluding carboxylic acids is 1. The first-order valence-electron chi connectivity index (χ1n) is 7.92. The minimum absolute atomic E-state index is 0.106. The van der Waals surface area contributed by atoms with E-state index in [0.717, 1.165) is 48.1 Å². The molecule has 0 radical (unpaired) electrons. The van der Waals surface area contributed by atoms with Crippen molar-refractivity contribution in [3.63, 3.8) is 0 Å². The van der Waals surface area contributed by atoms with Gasteiger partial charge in [0.2, 0.25) is 0 Å². The van der Waals surface area contributed by atoms with Crippen LogP contribution in [0.4, 0.5) is 0 Å². The SMILES string of the molecule is Cc1ccccc1C(=O)OC12CC3CC(CC(C3)C1)C2. The first kappa shape index (κ1) is 12.4. The maximum atomic E-state index is 12.5. The summed E-state index contributed by atoms with van der Waals surface area (Å²) < 4.78 is 6.08. The summed E-state index contributed by atoms with van der Waals surface area (Å²) in [5.41, 5.74) is 1.62. The maximum absolute atomic E-state index is 12.5. The monoisotopic (exact) mass is 270 g/mol. The van der Waals surface area contributed by atoms with Crippen LogP contribution in [-0.4, -0.2) is 11.6 Å². The van der Waals surface area contributed by atoms with Crippen molar-refractivity contribution in [1.82, 2.24) is 0 Å². The molecule has 0 N–H and O–H groups in total. The molecule has 2 nitrogen and oxygen atoms in total. The van der Waals surface area contributed by atoms with Crippen LogP contribution in [0.15, 0.2) is 24.3 Å². The van der Waals surface area contributed by atoms with Crippen LogP contribution in [-0.2, 0) is 4.74 Å². The predicted molar refractivity (Wildman–Crippen MR) is 77.5 cm³/mol. The normalized spacial score (nSPS) is 38.0. The highest BCUT2D eigenvalue weighted by Gasteiger charge is 2.53. The van der Waals surface area contributed by atoms with Gasteiger partial charge in [-0.15, -0.1) is 0 Å². The van der Waals surface area contributed by atoms with Crippen molar-refractivity contribution in [2.75, 3.05) is 0 Å². The summed E-state index contributed by atoms with van der Waals surface area (Å²) in [7, 11) is 0. The average Bonchev–Trinajstić information content (AvgIpc) is 2.36. The van der Waals surface area contributed by atoms with Gasteiger partial charge in [-0.3, -0.25) is 0 Å². The molecule has 0 unspecified atom stereocenters. The van der Waals surface area contributed by atoms with Crippen LogP contribution in [0.1, 0.15) is 54.4 Å². The van der Waals surface area contributed by atoms with Crippen LogP contribution < -0.4 is 0 Å². The fourth-order valence-corrected chi connectivity index (χ4v) is 5.21. The van der Waals surface area contributed by atoms with Crippen LogP contribution >= 0.6 is 0 Å². The second-order valence-electron chi connectivity index (χ2n) is 7.31. The van der Waals surface area contributed by atoms with Gasteiger partial charge in [0, 0.05) is 0 Å². The summed E-state index contributed by atoms with van der Waals surface area (Å²) in [5.74, 6) is 2.33. The lowest BCUT2D eigenvalue weighted by Gasteiger charge is -2.55. The highest BCUT2D eigenvalue weighted by molar-refractivity contribution is 5.91. The molecule has 0 spiro atoms. The second-order valence-corrected chi connectivity index (χ2v) is 7.31. The molecule has 0 heterocycles. The average molecular weight is 270 g/mol. The van der Waals surface area contributed by atoms with E-state index in [2.05, 4.69) is 0 Å². The smallest absolute Gasteiger partial charge is 0.338 e. The Labute approximate surface area is 120 Å². The van der Waals surface area contributed by atoms with Gasteiger partial charge in [0.1, 0.15) is 5.60 Å². The Morgan fingerprint density at radius 1 is 1.05 bits per heavy atom. The van der Waals surface area contributed by atoms with Crippen molar-refractivity contribution in [1.29, 1.82) is 0 Å². The Bertz CT molecular complexity index is 511. The lowest BCUT2D eigenvalue weighted by molar-refractivity contribution is -0.131. The zero-order chi connectivity index (χ0) is 13.7. The predicted octanol–water partition coefficient (Wildman–Crippen LogP) is 4.12. The highest BCUT2D eigenvalue weighted by atomic mass is 16.6. The van der Waals surface area contributed by atoms with Crippen molar-refractivity contribution in [3.8, 4) is 0 Å². The highest BCUT2D eigenvalue weighted by Crippen LogP contribution is 2.57. The van der Waals surface area contributed by atoms with Crippen LogP contribution in [0.2, 0.25) is 0 Å². The quantitative estimate of drug-likeness (QED) is 0.756. The Kier molecular flexibility index (Phi) is 2.70. The summed E-state index contributed by atoms with van der Waals surface area (Å²) >= 11 is 0. The lowest BCUT2D eigenvalue weighted by atomic mass is 9.54. The lowest BCUT2D eigenvalue weighted by Crippen LogP contribution is -2.52. The van der Waals surface area contributed by atoms with Gasteiger partial charge in [0.15, 0.2) is 0 Å². The number of ether oxygens (including phenoxy) is 1. The summed E-state index contributed by atoms with van der Waals surface area (Å²) in [6.07, 6.45) is 7.45. The molecule has 4 aliphatic rings. The molecule has 4 saturated carbocycles. The molecule has 2 heteroatoms. The van der Waals surface area contributed by atoms with Gasteiger partial charge in [-0.05, 0) is 74.8 Å². The Balaban J connectivity index is 1.57. The van der Waals surface area contributed by atoms with Crippen LogP contribution in [0.25, 0.3) is 0 Å². The number of hydrogen-bond donors (Lipinski definition) is 0. The van der Waals surface area contributed by atoms with Crippen LogP contribution in [0, 0.1) is 24.7 Å². The van der Waals surface area contributed by atoms with E-state index in [-0.39, 0.29) is 11.6 Å². The third-order valence-electron chi connectivity index (χ3n) is 5.66. The van der Waals surface area contributed by atoms with Crippen molar-refractivity contribution in [3.05, 3.63) is 35.4 Å². The third kappa shape index (κ3) is 1.97. The molecule has 1 aromatic carbocycles. The molecule has 5 rings (SSSR count). The molecule has 106 valence electrons. The molecule has 4 bridgehead atoms. The Hall–Kier alpha value is -1.31. The van der Waals surface area contributed by atoms with Gasteiger partial charge in [-0.2, -0.15) is 0 Å². The van der Waals surface area contributed by atoms with E-state index in [0.29, 0.717) is 0 Å². The zero-order valence-electron chi connectivity index (χ0n) is 12.1. The molecule has 0 aliphatic heterocycles. The fraction of sp³-hybridized carbons (Fsp3) is 0.611. The van der Waals surface area contributed by atoms with E-state index in [9.17, 15) is 4.79 Å². The van der Waals surface area contributed by atoms with Gasteiger partial charge >= 0.3 is 5.97 Å². The molecule has 0 aromatic heterocycles. The van der Waals surface area contributed by atoms with Gasteiger partial charge in [-0.25, -0.2) is 4.79 Å². The summed E-state index contributed by atoms with van der Waals surface area (Å²) in [4.78, 5) is 12.5. The minimum atomic E-state index is -0.131. The van der Waals surface area contributed by atoms with E-state index in [1.807, 2.05) is 31.2 Å². The van der Waals surface area contributed by atoms with Gasteiger partial charge < -0.3 is 4.74 Å². The van der Waals surface area contributed by atoms with Crippen molar-refractivity contribution in [2.45, 2.75) is 51.0 Å². The number of carbonyl (C=O) groups is 1. The van der Waals surface area contributed by atoms with Crippen LogP contribution in [0.3, 0.4) is 0 Å². The molecule has 4 aliphatic carbocycles. The molecular weight excluding hydrogens is 248 g/mol. The number of aryl methyl sites for hydroxylation is 1. The number of esters is 1. The van der Waals surface area contributed by atoms with Crippen molar-refractivity contribution < 1.29 is 9.53 Å². The first-order chi connectivity index (χ1) is 9.63. The third-order valence-corrected chi connectivity index (χ3v) is 5.66. The molecular formula is C18H22O2. The van der Waals surface area contributed by atoms with Crippen molar-refractivity contribution in [2.24, 2.45) is 17.8 Å². The standard InChI is InChI=1S/C18H22O2/c1-12-4-2-3-5-16(12)17(19)20-18-9-13-6-14(10-18)8-15(7-13)11-18/h2-5,13-15H,6-11H2,1H3. The molecule has 4 fully saturated rings. The van der Waals surface area contributed by atoms with Crippen molar-refractivity contribution >= 4 is 5.97 Å². The second kappa shape index (κ2) is 4.34. The first-order valence-corrected chi connectivity index (χ1v) is 7.92. The topological polar surface area (TPSA) is 26.3 Å². The zero-order valence-corrected chi connectivity index (χ0v) is 12.1. The number of benzene rings is 1. The summed E-state index contributed by atoms with van der Waals surface area (Å²) in [5, 5.41) is 0. The molecule has 20 heavy (non-hydrogen) atoms.